The summed E-state index contributed by atoms with van der Waals surface area (Å²) < 4.78 is 0. The molecule has 1 aromatic rings. The first kappa shape index (κ1) is 16.1. The molecule has 1 atom stereocenters. The van der Waals surface area contributed by atoms with Crippen LogP contribution in [-0.4, -0.2) is 25.6 Å². The Morgan fingerprint density at radius 3 is 2.50 bits per heavy atom. The van der Waals surface area contributed by atoms with Crippen LogP contribution in [0.25, 0.3) is 0 Å². The molecule has 0 radical (unpaired) electrons. The van der Waals surface area contributed by atoms with Crippen molar-refractivity contribution in [3.05, 3.63) is 35.9 Å². The fraction of sp³-hybridized carbons (Fsp3) is 0.471. The van der Waals surface area contributed by atoms with Crippen LogP contribution in [0, 0.1) is 18.3 Å². The highest BCUT2D eigenvalue weighted by Crippen LogP contribution is 2.24. The van der Waals surface area contributed by atoms with E-state index in [4.69, 9.17) is 6.42 Å². The van der Waals surface area contributed by atoms with Gasteiger partial charge >= 0.3 is 0 Å². The second-order valence-electron chi connectivity index (χ2n) is 5.04. The van der Waals surface area contributed by atoms with E-state index in [1.54, 1.807) is 0 Å². The minimum atomic E-state index is 0.414. The van der Waals surface area contributed by atoms with Gasteiger partial charge in [-0.2, -0.15) is 0 Å². The summed E-state index contributed by atoms with van der Waals surface area (Å²) in [7, 11) is 0. The molecule has 0 amide bonds. The van der Waals surface area contributed by atoms with Crippen molar-refractivity contribution in [3.63, 3.8) is 0 Å². The van der Waals surface area contributed by atoms with E-state index in [0.29, 0.717) is 18.4 Å². The van der Waals surface area contributed by atoms with Crippen LogP contribution in [0.2, 0.25) is 0 Å². The van der Waals surface area contributed by atoms with Gasteiger partial charge in [0.15, 0.2) is 5.96 Å². The van der Waals surface area contributed by atoms with Crippen molar-refractivity contribution in [3.8, 4) is 12.3 Å². The van der Waals surface area contributed by atoms with E-state index in [-0.39, 0.29) is 0 Å². The minimum Gasteiger partial charge on any atom is -0.357 e. The zero-order chi connectivity index (χ0) is 14.8. The number of rotatable bonds is 6. The fourth-order valence-electron chi connectivity index (χ4n) is 2.07. The van der Waals surface area contributed by atoms with E-state index in [9.17, 15) is 0 Å². The number of terminal acetylenes is 1. The second-order valence-corrected chi connectivity index (χ2v) is 5.04. The average molecular weight is 271 g/mol. The Morgan fingerprint density at radius 2 is 1.95 bits per heavy atom. The Labute approximate surface area is 122 Å². The monoisotopic (exact) mass is 271 g/mol. The van der Waals surface area contributed by atoms with Crippen LogP contribution in [0.3, 0.4) is 0 Å². The Bertz CT molecular complexity index is 443. The number of hydrogen-bond donors (Lipinski definition) is 2. The van der Waals surface area contributed by atoms with Crippen LogP contribution in [0.5, 0.6) is 0 Å². The van der Waals surface area contributed by atoms with Crippen LogP contribution in [0.4, 0.5) is 0 Å². The number of nitrogens with zero attached hydrogens (tertiary/aromatic N) is 1. The van der Waals surface area contributed by atoms with Gasteiger partial charge in [-0.05, 0) is 18.4 Å². The lowest BCUT2D eigenvalue weighted by Gasteiger charge is -2.20. The predicted octanol–water partition coefficient (Wildman–Crippen LogP) is 2.61. The number of nitrogens with one attached hydrogen (secondary N) is 2. The van der Waals surface area contributed by atoms with Gasteiger partial charge < -0.3 is 10.6 Å². The number of guanidine groups is 1. The van der Waals surface area contributed by atoms with Crippen molar-refractivity contribution in [1.82, 2.24) is 10.6 Å². The Morgan fingerprint density at radius 1 is 1.25 bits per heavy atom. The Hall–Kier alpha value is -1.95. The van der Waals surface area contributed by atoms with Crippen molar-refractivity contribution in [1.29, 1.82) is 0 Å². The van der Waals surface area contributed by atoms with E-state index in [0.717, 1.165) is 19.0 Å². The lowest BCUT2D eigenvalue weighted by molar-refractivity contribution is 0.506. The van der Waals surface area contributed by atoms with Crippen LogP contribution in [-0.2, 0) is 0 Å². The molecular formula is C17H25N3. The van der Waals surface area contributed by atoms with Crippen LogP contribution in [0.1, 0.15) is 32.3 Å². The van der Waals surface area contributed by atoms with Gasteiger partial charge in [0.25, 0.3) is 0 Å². The fourth-order valence-corrected chi connectivity index (χ4v) is 2.07. The van der Waals surface area contributed by atoms with E-state index in [1.807, 2.05) is 13.0 Å². The Kier molecular flexibility index (Phi) is 7.27. The van der Waals surface area contributed by atoms with Crippen molar-refractivity contribution >= 4 is 5.96 Å². The molecule has 3 nitrogen and oxygen atoms in total. The van der Waals surface area contributed by atoms with Gasteiger partial charge in [0, 0.05) is 19.0 Å². The molecule has 0 saturated heterocycles. The summed E-state index contributed by atoms with van der Waals surface area (Å²) in [6, 6.07) is 10.5. The maximum absolute atomic E-state index is 5.27. The molecule has 3 heteroatoms. The molecule has 0 spiro atoms. The summed E-state index contributed by atoms with van der Waals surface area (Å²) in [4.78, 5) is 4.65. The van der Waals surface area contributed by atoms with Crippen molar-refractivity contribution < 1.29 is 0 Å². The third kappa shape index (κ3) is 5.36. The van der Waals surface area contributed by atoms with Gasteiger partial charge in [-0.15, -0.1) is 6.42 Å². The lowest BCUT2D eigenvalue weighted by atomic mass is 9.88. The number of hydrogen-bond acceptors (Lipinski definition) is 1. The van der Waals surface area contributed by atoms with Gasteiger partial charge in [-0.25, -0.2) is 0 Å². The topological polar surface area (TPSA) is 36.4 Å². The van der Waals surface area contributed by atoms with Gasteiger partial charge in [0.05, 0.1) is 6.54 Å². The maximum atomic E-state index is 5.27. The molecule has 0 saturated carbocycles. The van der Waals surface area contributed by atoms with E-state index in [1.165, 1.54) is 5.56 Å². The van der Waals surface area contributed by atoms with E-state index in [2.05, 4.69) is 59.7 Å². The first-order valence-corrected chi connectivity index (χ1v) is 7.19. The molecule has 20 heavy (non-hydrogen) atoms. The second kappa shape index (κ2) is 9.03. The molecule has 0 aromatic heterocycles. The molecule has 1 rings (SSSR count). The Balaban J connectivity index is 2.76. The predicted molar refractivity (Wildman–Crippen MR) is 86.8 cm³/mol. The molecule has 108 valence electrons. The molecule has 1 unspecified atom stereocenters. The quantitative estimate of drug-likeness (QED) is 0.474. The molecule has 0 fully saturated rings. The first-order valence-electron chi connectivity index (χ1n) is 7.19. The number of aliphatic imine (C=N–C) groups is 1. The highest BCUT2D eigenvalue weighted by molar-refractivity contribution is 5.80. The summed E-state index contributed by atoms with van der Waals surface area (Å²) in [5.41, 5.74) is 1.33. The molecule has 0 aliphatic heterocycles. The van der Waals surface area contributed by atoms with Crippen LogP contribution < -0.4 is 10.6 Å². The smallest absolute Gasteiger partial charge is 0.192 e. The zero-order valence-electron chi connectivity index (χ0n) is 12.7. The summed E-state index contributed by atoms with van der Waals surface area (Å²) in [5.74, 6) is 4.30. The van der Waals surface area contributed by atoms with Gasteiger partial charge in [0.2, 0.25) is 0 Å². The maximum Gasteiger partial charge on any atom is 0.192 e. The molecule has 1 aromatic carbocycles. The van der Waals surface area contributed by atoms with Crippen LogP contribution in [0.15, 0.2) is 35.3 Å². The highest BCUT2D eigenvalue weighted by Gasteiger charge is 2.15. The normalized spacial score (nSPS) is 12.8. The minimum absolute atomic E-state index is 0.414. The molecule has 0 aliphatic rings. The highest BCUT2D eigenvalue weighted by atomic mass is 15.2. The van der Waals surface area contributed by atoms with Crippen LogP contribution >= 0.6 is 0 Å². The van der Waals surface area contributed by atoms with E-state index >= 15 is 0 Å². The summed E-state index contributed by atoms with van der Waals surface area (Å²) >= 11 is 0. The largest absolute Gasteiger partial charge is 0.357 e. The molecular weight excluding hydrogens is 246 g/mol. The summed E-state index contributed by atoms with van der Waals surface area (Å²) in [5, 5.41) is 6.33. The summed E-state index contributed by atoms with van der Waals surface area (Å²) in [6.07, 6.45) is 5.27. The molecule has 0 bridgehead atoms. The SMILES string of the molecule is C#CCNC(=NCC(c1ccccc1)C(C)C)NCC. The van der Waals surface area contributed by atoms with Crippen molar-refractivity contribution in [2.75, 3.05) is 19.6 Å². The average Bonchev–Trinajstić information content (AvgIpc) is 2.45. The molecule has 2 N–H and O–H groups in total. The third-order valence-corrected chi connectivity index (χ3v) is 3.18. The van der Waals surface area contributed by atoms with E-state index < -0.39 is 0 Å². The standard InChI is InChI=1S/C17H25N3/c1-5-12-19-17(18-6-2)20-13-16(14(3)4)15-10-8-7-9-11-15/h1,7-11,14,16H,6,12-13H2,2-4H3,(H2,18,19,20). The van der Waals surface area contributed by atoms with Crippen molar-refractivity contribution in [2.45, 2.75) is 26.7 Å². The first-order chi connectivity index (χ1) is 9.69. The van der Waals surface area contributed by atoms with Gasteiger partial charge in [-0.1, -0.05) is 50.1 Å². The van der Waals surface area contributed by atoms with Crippen molar-refractivity contribution in [2.24, 2.45) is 10.9 Å². The number of benzene rings is 1. The third-order valence-electron chi connectivity index (χ3n) is 3.18. The molecule has 0 aliphatic carbocycles. The van der Waals surface area contributed by atoms with Gasteiger partial charge in [-0.3, -0.25) is 4.99 Å². The summed E-state index contributed by atoms with van der Waals surface area (Å²) in [6.45, 7) is 8.58. The lowest BCUT2D eigenvalue weighted by Crippen LogP contribution is -2.37. The zero-order valence-corrected chi connectivity index (χ0v) is 12.7. The van der Waals surface area contributed by atoms with Gasteiger partial charge in [0.1, 0.15) is 0 Å². The molecule has 0 heterocycles.